The summed E-state index contributed by atoms with van der Waals surface area (Å²) in [7, 11) is 0. The van der Waals surface area contributed by atoms with Crippen molar-refractivity contribution >= 4 is 17.3 Å². The Morgan fingerprint density at radius 3 is 2.65 bits per heavy atom. The third kappa shape index (κ3) is 5.48. The summed E-state index contributed by atoms with van der Waals surface area (Å²) in [5.41, 5.74) is 6.57. The average Bonchev–Trinajstić information content (AvgIpc) is 2.36. The van der Waals surface area contributed by atoms with Crippen LogP contribution in [0, 0.1) is 0 Å². The lowest BCUT2D eigenvalue weighted by molar-refractivity contribution is -0.214. The standard InChI is InChI=1S/C13H17F3N2O2/c1-9(13(14,15)16)20-8-4-7-12(19)18-11-6-3-2-5-10(11)17/h2-3,5-6,9H,4,7-8,17H2,1H3,(H,18,19). The molecule has 0 radical (unpaired) electrons. The first-order valence-corrected chi connectivity index (χ1v) is 6.13. The highest BCUT2D eigenvalue weighted by Gasteiger charge is 2.36. The quantitative estimate of drug-likeness (QED) is 0.625. The monoisotopic (exact) mass is 290 g/mol. The molecular formula is C13H17F3N2O2. The summed E-state index contributed by atoms with van der Waals surface area (Å²) in [6.45, 7) is 0.809. The Balaban J connectivity index is 2.26. The molecule has 0 fully saturated rings. The molecule has 0 aromatic heterocycles. The number of rotatable bonds is 6. The number of nitrogens with one attached hydrogen (secondary N) is 1. The number of para-hydroxylation sites is 2. The number of alkyl halides is 3. The second-order valence-corrected chi connectivity index (χ2v) is 4.29. The summed E-state index contributed by atoms with van der Waals surface area (Å²) in [4.78, 5) is 11.6. The molecule has 0 saturated heterocycles. The summed E-state index contributed by atoms with van der Waals surface area (Å²) >= 11 is 0. The van der Waals surface area contributed by atoms with Crippen molar-refractivity contribution < 1.29 is 22.7 Å². The molecule has 4 nitrogen and oxygen atoms in total. The summed E-state index contributed by atoms with van der Waals surface area (Å²) in [5.74, 6) is -0.314. The normalized spacial score (nSPS) is 13.0. The molecule has 1 aromatic rings. The van der Waals surface area contributed by atoms with Gasteiger partial charge in [-0.25, -0.2) is 0 Å². The smallest absolute Gasteiger partial charge is 0.397 e. The van der Waals surface area contributed by atoms with Gasteiger partial charge < -0.3 is 15.8 Å². The topological polar surface area (TPSA) is 64.3 Å². The number of hydrogen-bond donors (Lipinski definition) is 2. The van der Waals surface area contributed by atoms with E-state index in [2.05, 4.69) is 10.1 Å². The maximum Gasteiger partial charge on any atom is 0.414 e. The third-order valence-electron chi connectivity index (χ3n) is 2.61. The number of anilines is 2. The van der Waals surface area contributed by atoms with Crippen LogP contribution < -0.4 is 11.1 Å². The first-order chi connectivity index (χ1) is 9.30. The van der Waals surface area contributed by atoms with E-state index in [0.29, 0.717) is 11.4 Å². The largest absolute Gasteiger partial charge is 0.414 e. The second-order valence-electron chi connectivity index (χ2n) is 4.29. The lowest BCUT2D eigenvalue weighted by atomic mass is 10.2. The van der Waals surface area contributed by atoms with E-state index >= 15 is 0 Å². The molecule has 1 rings (SSSR count). The Hall–Kier alpha value is -1.76. The van der Waals surface area contributed by atoms with Crippen molar-refractivity contribution in [1.29, 1.82) is 0 Å². The molecule has 1 amide bonds. The van der Waals surface area contributed by atoms with Gasteiger partial charge in [0.1, 0.15) is 0 Å². The van der Waals surface area contributed by atoms with Crippen molar-refractivity contribution in [2.24, 2.45) is 0 Å². The van der Waals surface area contributed by atoms with Crippen LogP contribution >= 0.6 is 0 Å². The van der Waals surface area contributed by atoms with Gasteiger partial charge in [-0.1, -0.05) is 12.1 Å². The highest BCUT2D eigenvalue weighted by atomic mass is 19.4. The first-order valence-electron chi connectivity index (χ1n) is 6.13. The second kappa shape index (κ2) is 7.14. The molecule has 1 atom stereocenters. The van der Waals surface area contributed by atoms with Gasteiger partial charge in [0, 0.05) is 13.0 Å². The predicted octanol–water partition coefficient (Wildman–Crippen LogP) is 2.95. The van der Waals surface area contributed by atoms with Crippen LogP contribution in [0.15, 0.2) is 24.3 Å². The van der Waals surface area contributed by atoms with E-state index in [0.717, 1.165) is 6.92 Å². The molecule has 3 N–H and O–H groups in total. The SMILES string of the molecule is CC(OCCCC(=O)Nc1ccccc1N)C(F)(F)F. The number of ether oxygens (including phenoxy) is 1. The van der Waals surface area contributed by atoms with Gasteiger partial charge in [-0.2, -0.15) is 13.2 Å². The number of carbonyl (C=O) groups excluding carboxylic acids is 1. The molecule has 1 unspecified atom stereocenters. The zero-order valence-electron chi connectivity index (χ0n) is 11.0. The number of carbonyl (C=O) groups is 1. The van der Waals surface area contributed by atoms with Crippen LogP contribution in [0.4, 0.5) is 24.5 Å². The number of amides is 1. The maximum atomic E-state index is 12.1. The number of hydrogen-bond acceptors (Lipinski definition) is 3. The Morgan fingerprint density at radius 1 is 1.40 bits per heavy atom. The van der Waals surface area contributed by atoms with Crippen molar-refractivity contribution in [3.8, 4) is 0 Å². The highest BCUT2D eigenvalue weighted by Crippen LogP contribution is 2.22. The molecule has 112 valence electrons. The predicted molar refractivity (Wildman–Crippen MR) is 70.2 cm³/mol. The Bertz CT molecular complexity index is 449. The van der Waals surface area contributed by atoms with Crippen molar-refractivity contribution in [3.63, 3.8) is 0 Å². The van der Waals surface area contributed by atoms with Gasteiger partial charge in [0.05, 0.1) is 11.4 Å². The van der Waals surface area contributed by atoms with E-state index in [9.17, 15) is 18.0 Å². The fourth-order valence-electron chi connectivity index (χ4n) is 1.41. The van der Waals surface area contributed by atoms with Crippen LogP contribution in [0.25, 0.3) is 0 Å². The number of benzene rings is 1. The molecule has 0 spiro atoms. The molecule has 0 aliphatic heterocycles. The third-order valence-corrected chi connectivity index (χ3v) is 2.61. The van der Waals surface area contributed by atoms with Crippen LogP contribution in [0.1, 0.15) is 19.8 Å². The fraction of sp³-hybridized carbons (Fsp3) is 0.462. The van der Waals surface area contributed by atoms with E-state index in [1.165, 1.54) is 0 Å². The van der Waals surface area contributed by atoms with Gasteiger partial charge >= 0.3 is 6.18 Å². The minimum Gasteiger partial charge on any atom is -0.397 e. The fourth-order valence-corrected chi connectivity index (χ4v) is 1.41. The molecule has 1 aromatic carbocycles. The molecule has 0 aliphatic carbocycles. The van der Waals surface area contributed by atoms with E-state index in [4.69, 9.17) is 5.73 Å². The van der Waals surface area contributed by atoms with Crippen molar-refractivity contribution in [3.05, 3.63) is 24.3 Å². The lowest BCUT2D eigenvalue weighted by Gasteiger charge is -2.16. The van der Waals surface area contributed by atoms with Crippen LogP contribution in [-0.4, -0.2) is 24.8 Å². The van der Waals surface area contributed by atoms with E-state index < -0.39 is 12.3 Å². The Kier molecular flexibility index (Phi) is 5.82. The summed E-state index contributed by atoms with van der Waals surface area (Å²) in [6, 6.07) is 6.75. The molecule has 7 heteroatoms. The number of nitrogens with two attached hydrogens (primary N) is 1. The van der Waals surface area contributed by atoms with Gasteiger partial charge in [-0.3, -0.25) is 4.79 Å². The lowest BCUT2D eigenvalue weighted by Crippen LogP contribution is -2.29. The van der Waals surface area contributed by atoms with Gasteiger partial charge in [0.15, 0.2) is 6.10 Å². The minimum absolute atomic E-state index is 0.0684. The zero-order valence-corrected chi connectivity index (χ0v) is 11.0. The molecular weight excluding hydrogens is 273 g/mol. The maximum absolute atomic E-state index is 12.1. The van der Waals surface area contributed by atoms with Crippen LogP contribution in [0.5, 0.6) is 0 Å². The molecule has 0 saturated carbocycles. The number of nitrogen functional groups attached to an aromatic ring is 1. The van der Waals surface area contributed by atoms with E-state index in [1.807, 2.05) is 0 Å². The minimum atomic E-state index is -4.37. The molecule has 0 heterocycles. The average molecular weight is 290 g/mol. The zero-order chi connectivity index (χ0) is 15.2. The summed E-state index contributed by atoms with van der Waals surface area (Å²) in [5, 5.41) is 2.59. The van der Waals surface area contributed by atoms with Gasteiger partial charge in [-0.05, 0) is 25.5 Å². The van der Waals surface area contributed by atoms with Crippen LogP contribution in [0.2, 0.25) is 0 Å². The van der Waals surface area contributed by atoms with E-state index in [-0.39, 0.29) is 25.4 Å². The highest BCUT2D eigenvalue weighted by molar-refractivity contribution is 5.93. The van der Waals surface area contributed by atoms with Gasteiger partial charge in [0.25, 0.3) is 0 Å². The van der Waals surface area contributed by atoms with E-state index in [1.54, 1.807) is 24.3 Å². The van der Waals surface area contributed by atoms with Gasteiger partial charge in [-0.15, -0.1) is 0 Å². The molecule has 0 aliphatic rings. The Morgan fingerprint density at radius 2 is 2.05 bits per heavy atom. The first kappa shape index (κ1) is 16.3. The van der Waals surface area contributed by atoms with Gasteiger partial charge in [0.2, 0.25) is 5.91 Å². The van der Waals surface area contributed by atoms with Crippen molar-refractivity contribution in [2.45, 2.75) is 32.0 Å². The van der Waals surface area contributed by atoms with Crippen molar-refractivity contribution in [1.82, 2.24) is 0 Å². The van der Waals surface area contributed by atoms with Crippen molar-refractivity contribution in [2.75, 3.05) is 17.7 Å². The molecule has 20 heavy (non-hydrogen) atoms. The summed E-state index contributed by atoms with van der Waals surface area (Å²) < 4.78 is 41.0. The Labute approximate surface area is 115 Å². The van der Waals surface area contributed by atoms with Crippen LogP contribution in [0.3, 0.4) is 0 Å². The number of halogens is 3. The summed E-state index contributed by atoms with van der Waals surface area (Å²) in [6.07, 6.45) is -5.92. The van der Waals surface area contributed by atoms with Crippen LogP contribution in [-0.2, 0) is 9.53 Å². The molecule has 0 bridgehead atoms.